The molecule has 0 aliphatic carbocycles. The molecule has 2 aliphatic heterocycles. The average molecular weight is 458 g/mol. The Morgan fingerprint density at radius 2 is 1.74 bits per heavy atom. The number of fused-ring (bicyclic) bond motifs is 1. The number of ether oxygens (including phenoxy) is 2. The summed E-state index contributed by atoms with van der Waals surface area (Å²) >= 11 is 1.92. The minimum absolute atomic E-state index is 0.0164. The van der Waals surface area contributed by atoms with Gasteiger partial charge in [0.15, 0.2) is 0 Å². The summed E-state index contributed by atoms with van der Waals surface area (Å²) < 4.78 is 10.9. The first-order valence-electron chi connectivity index (χ1n) is 11.4. The van der Waals surface area contributed by atoms with Crippen molar-refractivity contribution in [3.8, 4) is 0 Å². The summed E-state index contributed by atoms with van der Waals surface area (Å²) in [4.78, 5) is 35.1. The van der Waals surface area contributed by atoms with Gasteiger partial charge in [-0.25, -0.2) is 4.79 Å². The van der Waals surface area contributed by atoms with E-state index in [0.717, 1.165) is 31.4 Å². The lowest BCUT2D eigenvalue weighted by Crippen LogP contribution is -2.36. The summed E-state index contributed by atoms with van der Waals surface area (Å²) in [6, 6.07) is 0.467. The van der Waals surface area contributed by atoms with Gasteiger partial charge in [0.2, 0.25) is 5.91 Å². The zero-order valence-electron chi connectivity index (χ0n) is 19.2. The summed E-state index contributed by atoms with van der Waals surface area (Å²) in [5.41, 5.74) is -0.383. The maximum atomic E-state index is 12.0. The third-order valence-corrected chi connectivity index (χ3v) is 6.97. The Balaban J connectivity index is 1.35. The van der Waals surface area contributed by atoms with Crippen LogP contribution in [-0.2, 0) is 19.1 Å². The zero-order valence-corrected chi connectivity index (χ0v) is 20.0. The summed E-state index contributed by atoms with van der Waals surface area (Å²) in [6.07, 6.45) is 4.90. The summed E-state index contributed by atoms with van der Waals surface area (Å²) in [7, 11) is 0. The number of nitrogens with one attached hydrogen (secondary N) is 3. The number of urea groups is 1. The van der Waals surface area contributed by atoms with E-state index in [9.17, 15) is 14.4 Å². The Morgan fingerprint density at radius 3 is 2.48 bits per heavy atom. The van der Waals surface area contributed by atoms with Gasteiger partial charge in [-0.15, -0.1) is 0 Å². The normalized spacial score (nSPS) is 22.7. The molecule has 2 aliphatic rings. The Bertz CT molecular complexity index is 596. The predicted octanol–water partition coefficient (Wildman–Crippen LogP) is 2.26. The van der Waals surface area contributed by atoms with E-state index in [4.69, 9.17) is 9.47 Å². The molecule has 2 rings (SSSR count). The molecule has 8 nitrogen and oxygen atoms in total. The minimum Gasteiger partial charge on any atom is -0.379 e. The second-order valence-electron chi connectivity index (χ2n) is 9.24. The van der Waals surface area contributed by atoms with Crippen LogP contribution in [0.15, 0.2) is 0 Å². The van der Waals surface area contributed by atoms with Crippen LogP contribution in [0.5, 0.6) is 0 Å². The molecule has 0 unspecified atom stereocenters. The van der Waals surface area contributed by atoms with Gasteiger partial charge in [-0.05, 0) is 19.3 Å². The third kappa shape index (κ3) is 9.78. The number of hydrogen-bond donors (Lipinski definition) is 3. The molecule has 178 valence electrons. The van der Waals surface area contributed by atoms with Crippen LogP contribution in [0.3, 0.4) is 0 Å². The third-order valence-electron chi connectivity index (χ3n) is 5.46. The highest BCUT2D eigenvalue weighted by molar-refractivity contribution is 8.00. The van der Waals surface area contributed by atoms with Crippen LogP contribution < -0.4 is 16.0 Å². The number of carbonyl (C=O) groups is 3. The molecule has 3 atom stereocenters. The number of Topliss-reactive ketones (excluding diaryl/α,β-unsaturated/α-hetero) is 1. The molecule has 2 fully saturated rings. The van der Waals surface area contributed by atoms with Crippen LogP contribution in [0, 0.1) is 5.41 Å². The van der Waals surface area contributed by atoms with E-state index >= 15 is 0 Å². The van der Waals surface area contributed by atoms with E-state index < -0.39 is 0 Å². The Kier molecular flexibility index (Phi) is 11.1. The highest BCUT2D eigenvalue weighted by atomic mass is 32.2. The molecule has 3 N–H and O–H groups in total. The average Bonchev–Trinajstić information content (AvgIpc) is 3.25. The van der Waals surface area contributed by atoms with Crippen molar-refractivity contribution >= 4 is 29.5 Å². The van der Waals surface area contributed by atoms with Gasteiger partial charge in [-0.1, -0.05) is 27.2 Å². The first-order valence-corrected chi connectivity index (χ1v) is 12.5. The molecule has 0 aromatic rings. The SMILES string of the molecule is CC(C)(C)C(=O)NCCOCCOCCCC(=O)CCCC[C@@H]1SC[C@@H]2NC(=O)N[C@@H]21. The largest absolute Gasteiger partial charge is 0.379 e. The van der Waals surface area contributed by atoms with Crippen molar-refractivity contribution in [2.75, 3.05) is 38.7 Å². The lowest BCUT2D eigenvalue weighted by molar-refractivity contribution is -0.128. The molecule has 3 amide bonds. The molecule has 0 saturated carbocycles. The molecule has 0 aromatic carbocycles. The van der Waals surface area contributed by atoms with Gasteiger partial charge in [-0.3, -0.25) is 9.59 Å². The van der Waals surface area contributed by atoms with Crippen molar-refractivity contribution < 1.29 is 23.9 Å². The lowest BCUT2D eigenvalue weighted by Gasteiger charge is -2.17. The smallest absolute Gasteiger partial charge is 0.315 e. The predicted molar refractivity (Wildman–Crippen MR) is 122 cm³/mol. The zero-order chi connectivity index (χ0) is 22.7. The molecule has 0 spiro atoms. The molecular formula is C22H39N3O5S. The maximum Gasteiger partial charge on any atom is 0.315 e. The van der Waals surface area contributed by atoms with Gasteiger partial charge >= 0.3 is 6.03 Å². The van der Waals surface area contributed by atoms with Crippen LogP contribution in [0.4, 0.5) is 4.79 Å². The number of amides is 3. The van der Waals surface area contributed by atoms with Crippen molar-refractivity contribution in [3.63, 3.8) is 0 Å². The number of rotatable bonds is 15. The van der Waals surface area contributed by atoms with Gasteiger partial charge < -0.3 is 25.4 Å². The summed E-state index contributed by atoms with van der Waals surface area (Å²) in [5.74, 6) is 1.29. The van der Waals surface area contributed by atoms with Gasteiger partial charge in [-0.2, -0.15) is 11.8 Å². The summed E-state index contributed by atoms with van der Waals surface area (Å²) in [5, 5.41) is 9.25. The van der Waals surface area contributed by atoms with E-state index in [1.54, 1.807) is 0 Å². The monoisotopic (exact) mass is 457 g/mol. The van der Waals surface area contributed by atoms with E-state index in [1.807, 2.05) is 32.5 Å². The second-order valence-corrected chi connectivity index (χ2v) is 10.5. The van der Waals surface area contributed by atoms with Crippen LogP contribution >= 0.6 is 11.8 Å². The van der Waals surface area contributed by atoms with Gasteiger partial charge in [0.25, 0.3) is 0 Å². The number of ketones is 1. The molecule has 0 bridgehead atoms. The molecule has 31 heavy (non-hydrogen) atoms. The van der Waals surface area contributed by atoms with E-state index in [0.29, 0.717) is 56.8 Å². The molecule has 9 heteroatoms. The fourth-order valence-electron chi connectivity index (χ4n) is 3.63. The van der Waals surface area contributed by atoms with Crippen LogP contribution in [0.25, 0.3) is 0 Å². The number of thioether (sulfide) groups is 1. The fourth-order valence-corrected chi connectivity index (χ4v) is 5.17. The van der Waals surface area contributed by atoms with E-state index in [2.05, 4.69) is 16.0 Å². The van der Waals surface area contributed by atoms with E-state index in [-0.39, 0.29) is 29.4 Å². The number of hydrogen-bond acceptors (Lipinski definition) is 6. The fraction of sp³-hybridized carbons (Fsp3) is 0.864. The van der Waals surface area contributed by atoms with Crippen molar-refractivity contribution in [2.45, 2.75) is 76.6 Å². The van der Waals surface area contributed by atoms with Gasteiger partial charge in [0, 0.05) is 42.4 Å². The minimum atomic E-state index is -0.383. The number of carbonyl (C=O) groups excluding carboxylic acids is 3. The summed E-state index contributed by atoms with van der Waals surface area (Å²) in [6.45, 7) is 8.13. The van der Waals surface area contributed by atoms with Crippen molar-refractivity contribution in [1.29, 1.82) is 0 Å². The van der Waals surface area contributed by atoms with Crippen LogP contribution in [-0.4, -0.2) is 73.8 Å². The standard InChI is InChI=1S/C22H39N3O5S/c1-22(2,3)20(27)23-10-12-30-14-13-29-11-6-8-16(26)7-4-5-9-18-19-17(15-31-18)24-21(28)25-19/h17-19H,4-15H2,1-3H3,(H,23,27)(H2,24,25,28)/t17-,18-,19-/m0/s1. The van der Waals surface area contributed by atoms with Crippen LogP contribution in [0.2, 0.25) is 0 Å². The molecule has 0 radical (unpaired) electrons. The topological polar surface area (TPSA) is 106 Å². The molecule has 2 saturated heterocycles. The lowest BCUT2D eigenvalue weighted by atomic mass is 9.96. The number of unbranched alkanes of at least 4 members (excludes halogenated alkanes) is 1. The Labute approximate surface area is 190 Å². The van der Waals surface area contributed by atoms with Crippen molar-refractivity contribution in [3.05, 3.63) is 0 Å². The van der Waals surface area contributed by atoms with Gasteiger partial charge in [0.1, 0.15) is 5.78 Å². The molecular weight excluding hydrogens is 418 g/mol. The highest BCUT2D eigenvalue weighted by Crippen LogP contribution is 2.33. The first kappa shape index (κ1) is 25.9. The van der Waals surface area contributed by atoms with Gasteiger partial charge in [0.05, 0.1) is 31.9 Å². The van der Waals surface area contributed by atoms with Crippen LogP contribution in [0.1, 0.15) is 59.3 Å². The molecule has 2 heterocycles. The Morgan fingerprint density at radius 1 is 1.03 bits per heavy atom. The maximum absolute atomic E-state index is 12.0. The van der Waals surface area contributed by atoms with Crippen molar-refractivity contribution in [1.82, 2.24) is 16.0 Å². The highest BCUT2D eigenvalue weighted by Gasteiger charge is 2.42. The quantitative estimate of drug-likeness (QED) is 0.257. The van der Waals surface area contributed by atoms with E-state index in [1.165, 1.54) is 0 Å². The molecule has 0 aromatic heterocycles. The Hall–Kier alpha value is -1.32. The first-order chi connectivity index (χ1) is 14.8. The second kappa shape index (κ2) is 13.3. The van der Waals surface area contributed by atoms with Crippen molar-refractivity contribution in [2.24, 2.45) is 5.41 Å².